The van der Waals surface area contributed by atoms with E-state index in [0.717, 1.165) is 16.9 Å². The molecule has 1 heterocycles. The third kappa shape index (κ3) is 4.65. The Balaban J connectivity index is 1.35. The Bertz CT molecular complexity index is 1130. The van der Waals surface area contributed by atoms with Crippen LogP contribution in [-0.2, 0) is 6.61 Å². The van der Waals surface area contributed by atoms with E-state index in [2.05, 4.69) is 39.8 Å². The molecule has 0 fully saturated rings. The lowest BCUT2D eigenvalue weighted by atomic mass is 10.1. The Morgan fingerprint density at radius 1 is 0.931 bits per heavy atom. The van der Waals surface area contributed by atoms with Crippen molar-refractivity contribution in [2.75, 3.05) is 0 Å². The van der Waals surface area contributed by atoms with Gasteiger partial charge in [0.1, 0.15) is 12.4 Å². The van der Waals surface area contributed by atoms with Gasteiger partial charge in [0.05, 0.1) is 6.21 Å². The van der Waals surface area contributed by atoms with Crippen molar-refractivity contribution in [2.24, 2.45) is 5.10 Å². The van der Waals surface area contributed by atoms with E-state index in [-0.39, 0.29) is 5.91 Å². The van der Waals surface area contributed by atoms with Crippen LogP contribution in [0.4, 0.5) is 0 Å². The minimum absolute atomic E-state index is 0.279. The Morgan fingerprint density at radius 2 is 1.69 bits per heavy atom. The van der Waals surface area contributed by atoms with E-state index in [9.17, 15) is 4.79 Å². The number of hydrazone groups is 1. The fourth-order valence-electron chi connectivity index (χ4n) is 2.96. The van der Waals surface area contributed by atoms with Crippen LogP contribution in [-0.4, -0.2) is 17.1 Å². The van der Waals surface area contributed by atoms with Crippen molar-refractivity contribution in [1.82, 2.24) is 10.4 Å². The third-order valence-electron chi connectivity index (χ3n) is 4.48. The fraction of sp³-hybridized carbons (Fsp3) is 0.0417. The number of hydrogen-bond donors (Lipinski definition) is 1. The summed E-state index contributed by atoms with van der Waals surface area (Å²) < 4.78 is 5.94. The third-order valence-corrected chi connectivity index (χ3v) is 4.48. The maximum absolute atomic E-state index is 11.9. The molecule has 0 saturated carbocycles. The molecule has 0 radical (unpaired) electrons. The Hall–Kier alpha value is -3.99. The van der Waals surface area contributed by atoms with Gasteiger partial charge in [-0.3, -0.25) is 9.78 Å². The number of aromatic nitrogens is 1. The number of carbonyl (C=O) groups is 1. The molecule has 1 amide bonds. The highest BCUT2D eigenvalue weighted by molar-refractivity contribution is 5.94. The van der Waals surface area contributed by atoms with Crippen LogP contribution in [0.1, 0.15) is 21.5 Å². The average Bonchev–Trinajstić information content (AvgIpc) is 2.79. The molecule has 0 aliphatic heterocycles. The second-order valence-corrected chi connectivity index (χ2v) is 6.43. The zero-order chi connectivity index (χ0) is 19.9. The molecule has 29 heavy (non-hydrogen) atoms. The fourth-order valence-corrected chi connectivity index (χ4v) is 2.96. The molecule has 0 aliphatic carbocycles. The van der Waals surface area contributed by atoms with Crippen LogP contribution in [0.15, 0.2) is 96.4 Å². The van der Waals surface area contributed by atoms with Crippen LogP contribution in [0.25, 0.3) is 10.8 Å². The van der Waals surface area contributed by atoms with Crippen LogP contribution in [0.5, 0.6) is 5.75 Å². The summed E-state index contributed by atoms with van der Waals surface area (Å²) in [6.45, 7) is 0.497. The van der Waals surface area contributed by atoms with Crippen molar-refractivity contribution in [3.05, 3.63) is 108 Å². The summed E-state index contributed by atoms with van der Waals surface area (Å²) >= 11 is 0. The molecule has 0 spiro atoms. The number of ether oxygens (including phenoxy) is 1. The van der Waals surface area contributed by atoms with Gasteiger partial charge in [-0.25, -0.2) is 5.43 Å². The van der Waals surface area contributed by atoms with Gasteiger partial charge in [0.25, 0.3) is 5.91 Å². The van der Waals surface area contributed by atoms with Crippen LogP contribution in [0.3, 0.4) is 0 Å². The molecule has 4 rings (SSSR count). The van der Waals surface area contributed by atoms with Crippen molar-refractivity contribution in [1.29, 1.82) is 0 Å². The summed E-state index contributed by atoms with van der Waals surface area (Å²) in [4.78, 5) is 15.8. The molecule has 0 saturated heterocycles. The van der Waals surface area contributed by atoms with E-state index in [4.69, 9.17) is 4.74 Å². The number of nitrogens with one attached hydrogen (secondary N) is 1. The van der Waals surface area contributed by atoms with Gasteiger partial charge >= 0.3 is 0 Å². The van der Waals surface area contributed by atoms with Gasteiger partial charge in [-0.2, -0.15) is 5.10 Å². The summed E-state index contributed by atoms with van der Waals surface area (Å²) in [6, 6.07) is 25.3. The lowest BCUT2D eigenvalue weighted by Crippen LogP contribution is -2.17. The van der Waals surface area contributed by atoms with Crippen LogP contribution in [0, 0.1) is 0 Å². The first-order chi connectivity index (χ1) is 14.3. The van der Waals surface area contributed by atoms with Crippen LogP contribution >= 0.6 is 0 Å². The van der Waals surface area contributed by atoms with Gasteiger partial charge in [0.15, 0.2) is 0 Å². The molecule has 0 unspecified atom stereocenters. The maximum Gasteiger partial charge on any atom is 0.271 e. The molecule has 142 valence electrons. The molecular formula is C24H19N3O2. The average molecular weight is 381 g/mol. The molecule has 0 aliphatic rings. The zero-order valence-electron chi connectivity index (χ0n) is 15.7. The van der Waals surface area contributed by atoms with Crippen molar-refractivity contribution >= 4 is 22.9 Å². The molecule has 0 atom stereocenters. The highest BCUT2D eigenvalue weighted by Gasteiger charge is 2.03. The number of rotatable bonds is 6. The quantitative estimate of drug-likeness (QED) is 0.393. The summed E-state index contributed by atoms with van der Waals surface area (Å²) in [7, 11) is 0. The highest BCUT2D eigenvalue weighted by atomic mass is 16.5. The second-order valence-electron chi connectivity index (χ2n) is 6.43. The topological polar surface area (TPSA) is 63.6 Å². The number of benzene rings is 3. The molecule has 5 nitrogen and oxygen atoms in total. The van der Waals surface area contributed by atoms with Crippen molar-refractivity contribution in [3.8, 4) is 5.75 Å². The molecule has 4 aromatic rings. The SMILES string of the molecule is O=C(N/N=C/c1ccc(OCc2cccc3ccccc23)cc1)c1ccncc1. The standard InChI is InChI=1S/C24H19N3O2/c28-24(20-12-14-25-15-13-20)27-26-16-18-8-10-22(11-9-18)29-17-21-6-3-5-19-4-1-2-7-23(19)21/h1-16H,17H2,(H,27,28)/b26-16+. The van der Waals surface area contributed by atoms with Crippen molar-refractivity contribution in [3.63, 3.8) is 0 Å². The smallest absolute Gasteiger partial charge is 0.271 e. The van der Waals surface area contributed by atoms with Gasteiger partial charge in [-0.15, -0.1) is 0 Å². The minimum atomic E-state index is -0.279. The number of fused-ring (bicyclic) bond motifs is 1. The Kier molecular flexibility index (Phi) is 5.58. The predicted octanol–water partition coefficient (Wildman–Crippen LogP) is 4.58. The molecule has 3 aromatic carbocycles. The minimum Gasteiger partial charge on any atom is -0.489 e. The largest absolute Gasteiger partial charge is 0.489 e. The van der Waals surface area contributed by atoms with Gasteiger partial charge in [0, 0.05) is 18.0 Å². The number of amides is 1. The first kappa shape index (κ1) is 18.4. The van der Waals surface area contributed by atoms with E-state index in [1.54, 1.807) is 30.7 Å². The second kappa shape index (κ2) is 8.80. The molecule has 1 aromatic heterocycles. The van der Waals surface area contributed by atoms with Gasteiger partial charge in [-0.05, 0) is 58.3 Å². The number of carbonyl (C=O) groups excluding carboxylic acids is 1. The summed E-state index contributed by atoms with van der Waals surface area (Å²) in [5.74, 6) is 0.495. The molecule has 5 heteroatoms. The predicted molar refractivity (Wildman–Crippen MR) is 114 cm³/mol. The lowest BCUT2D eigenvalue weighted by molar-refractivity contribution is 0.0955. The first-order valence-corrected chi connectivity index (χ1v) is 9.22. The first-order valence-electron chi connectivity index (χ1n) is 9.22. The van der Waals surface area contributed by atoms with Gasteiger partial charge < -0.3 is 4.74 Å². The van der Waals surface area contributed by atoms with E-state index < -0.39 is 0 Å². The van der Waals surface area contributed by atoms with E-state index in [0.29, 0.717) is 12.2 Å². The van der Waals surface area contributed by atoms with Gasteiger partial charge in [0.2, 0.25) is 0 Å². The highest BCUT2D eigenvalue weighted by Crippen LogP contribution is 2.20. The Labute approximate surface area is 168 Å². The summed E-state index contributed by atoms with van der Waals surface area (Å²) in [5.41, 5.74) is 5.01. The number of hydrogen-bond acceptors (Lipinski definition) is 4. The van der Waals surface area contributed by atoms with E-state index in [1.807, 2.05) is 42.5 Å². The Morgan fingerprint density at radius 3 is 2.52 bits per heavy atom. The monoisotopic (exact) mass is 381 g/mol. The van der Waals surface area contributed by atoms with Crippen molar-refractivity contribution in [2.45, 2.75) is 6.61 Å². The maximum atomic E-state index is 11.9. The number of nitrogens with zero attached hydrogens (tertiary/aromatic N) is 2. The normalized spacial score (nSPS) is 10.9. The summed E-state index contributed by atoms with van der Waals surface area (Å²) in [6.07, 6.45) is 4.72. The number of pyridine rings is 1. The zero-order valence-corrected chi connectivity index (χ0v) is 15.7. The summed E-state index contributed by atoms with van der Waals surface area (Å²) in [5, 5.41) is 6.39. The van der Waals surface area contributed by atoms with Crippen LogP contribution in [0.2, 0.25) is 0 Å². The molecular weight excluding hydrogens is 362 g/mol. The van der Waals surface area contributed by atoms with E-state index in [1.165, 1.54) is 10.8 Å². The van der Waals surface area contributed by atoms with Gasteiger partial charge in [-0.1, -0.05) is 42.5 Å². The lowest BCUT2D eigenvalue weighted by Gasteiger charge is -2.09. The van der Waals surface area contributed by atoms with Crippen LogP contribution < -0.4 is 10.2 Å². The molecule has 0 bridgehead atoms. The van der Waals surface area contributed by atoms with E-state index >= 15 is 0 Å². The van der Waals surface area contributed by atoms with Crippen molar-refractivity contribution < 1.29 is 9.53 Å². The molecule has 1 N–H and O–H groups in total.